The van der Waals surface area contributed by atoms with Crippen LogP contribution in [0.4, 0.5) is 0 Å². The number of Topliss-reactive ketones (excluding diaryl/α,β-unsaturated/α-hetero) is 1. The van der Waals surface area contributed by atoms with Crippen molar-refractivity contribution in [1.82, 2.24) is 9.21 Å². The molecule has 3 rings (SSSR count). The van der Waals surface area contributed by atoms with Gasteiger partial charge in [0.2, 0.25) is 15.9 Å². The lowest BCUT2D eigenvalue weighted by Crippen LogP contribution is -2.50. The van der Waals surface area contributed by atoms with Crippen LogP contribution < -0.4 is 0 Å². The Morgan fingerprint density at radius 2 is 1.62 bits per heavy atom. The first kappa shape index (κ1) is 22.2. The Labute approximate surface area is 184 Å². The smallest absolute Gasteiger partial charge is 0.246 e. The summed E-state index contributed by atoms with van der Waals surface area (Å²) in [7, 11) is -3.85. The van der Waals surface area contributed by atoms with E-state index in [1.54, 1.807) is 17.0 Å². The number of carbonyl (C=O) groups excluding carboxylic acids is 2. The van der Waals surface area contributed by atoms with Crippen LogP contribution in [0.1, 0.15) is 27.4 Å². The van der Waals surface area contributed by atoms with Gasteiger partial charge in [-0.25, -0.2) is 8.42 Å². The summed E-state index contributed by atoms with van der Waals surface area (Å²) in [5, 5.41) is 0.136. The summed E-state index contributed by atoms with van der Waals surface area (Å²) < 4.78 is 27.1. The summed E-state index contributed by atoms with van der Waals surface area (Å²) in [5.41, 5.74) is 0. The lowest BCUT2D eigenvalue weighted by molar-refractivity contribution is -0.132. The van der Waals surface area contributed by atoms with Gasteiger partial charge >= 0.3 is 0 Å². The normalized spacial score (nSPS) is 15.5. The SMILES string of the molecule is Cc1ccc(C(=O)CCC(=O)N2CCN(S(=O)(=O)c3c(Cl)cccc3Cl)CC2)s1. The zero-order chi connectivity index (χ0) is 21.2. The molecule has 29 heavy (non-hydrogen) atoms. The summed E-state index contributed by atoms with van der Waals surface area (Å²) in [6.07, 6.45) is 0.255. The van der Waals surface area contributed by atoms with Gasteiger partial charge in [0.15, 0.2) is 5.78 Å². The summed E-state index contributed by atoms with van der Waals surface area (Å²) >= 11 is 13.5. The molecule has 1 amide bonds. The van der Waals surface area contributed by atoms with Crippen molar-refractivity contribution in [2.75, 3.05) is 26.2 Å². The van der Waals surface area contributed by atoms with Crippen molar-refractivity contribution in [2.45, 2.75) is 24.7 Å². The van der Waals surface area contributed by atoms with E-state index in [2.05, 4.69) is 0 Å². The highest BCUT2D eigenvalue weighted by atomic mass is 35.5. The number of rotatable bonds is 6. The second-order valence-corrected chi connectivity index (χ2v) is 10.6. The fourth-order valence-corrected chi connectivity index (χ4v) is 6.47. The van der Waals surface area contributed by atoms with Crippen molar-refractivity contribution in [2.24, 2.45) is 0 Å². The highest BCUT2D eigenvalue weighted by Crippen LogP contribution is 2.32. The van der Waals surface area contributed by atoms with Gasteiger partial charge in [0.05, 0.1) is 14.9 Å². The van der Waals surface area contributed by atoms with Crippen LogP contribution in [-0.4, -0.2) is 55.5 Å². The quantitative estimate of drug-likeness (QED) is 0.595. The third-order valence-corrected chi connectivity index (χ3v) is 8.59. The molecule has 1 aromatic heterocycles. The molecule has 0 saturated carbocycles. The second kappa shape index (κ2) is 9.14. The molecule has 10 heteroatoms. The molecule has 1 aromatic carbocycles. The highest BCUT2D eigenvalue weighted by molar-refractivity contribution is 7.89. The number of carbonyl (C=O) groups is 2. The van der Waals surface area contributed by atoms with Crippen molar-refractivity contribution in [3.63, 3.8) is 0 Å². The first-order valence-electron chi connectivity index (χ1n) is 9.01. The number of piperazine rings is 1. The topological polar surface area (TPSA) is 74.8 Å². The summed E-state index contributed by atoms with van der Waals surface area (Å²) in [6.45, 7) is 2.73. The molecule has 1 aliphatic rings. The predicted octanol–water partition coefficient (Wildman–Crippen LogP) is 3.86. The van der Waals surface area contributed by atoms with Crippen LogP contribution in [0.2, 0.25) is 10.0 Å². The summed E-state index contributed by atoms with van der Waals surface area (Å²) in [4.78, 5) is 27.8. The van der Waals surface area contributed by atoms with Gasteiger partial charge in [0.25, 0.3) is 0 Å². The maximum atomic E-state index is 12.9. The largest absolute Gasteiger partial charge is 0.340 e. The van der Waals surface area contributed by atoms with Crippen LogP contribution in [0.5, 0.6) is 0 Å². The molecule has 0 unspecified atom stereocenters. The molecule has 0 bridgehead atoms. The predicted molar refractivity (Wildman–Crippen MR) is 114 cm³/mol. The maximum absolute atomic E-state index is 12.9. The molecule has 1 fully saturated rings. The average molecular weight is 475 g/mol. The highest BCUT2D eigenvalue weighted by Gasteiger charge is 2.33. The monoisotopic (exact) mass is 474 g/mol. The second-order valence-electron chi connectivity index (χ2n) is 6.67. The third kappa shape index (κ3) is 5.00. The molecule has 0 N–H and O–H groups in total. The van der Waals surface area contributed by atoms with Crippen LogP contribution in [0.3, 0.4) is 0 Å². The number of aryl methyl sites for hydroxylation is 1. The van der Waals surface area contributed by atoms with E-state index in [1.165, 1.54) is 27.8 Å². The lowest BCUT2D eigenvalue weighted by Gasteiger charge is -2.34. The van der Waals surface area contributed by atoms with Crippen molar-refractivity contribution < 1.29 is 18.0 Å². The van der Waals surface area contributed by atoms with Crippen LogP contribution in [0.15, 0.2) is 35.2 Å². The number of benzene rings is 1. The molecule has 0 spiro atoms. The number of hydrogen-bond acceptors (Lipinski definition) is 5. The molecular weight excluding hydrogens is 455 g/mol. The van der Waals surface area contributed by atoms with E-state index in [1.807, 2.05) is 13.0 Å². The van der Waals surface area contributed by atoms with Crippen LogP contribution in [0, 0.1) is 6.92 Å². The van der Waals surface area contributed by atoms with Gasteiger partial charge in [0, 0.05) is 43.9 Å². The molecule has 1 aliphatic heterocycles. The Morgan fingerprint density at radius 1 is 1.00 bits per heavy atom. The zero-order valence-corrected chi connectivity index (χ0v) is 18.9. The molecule has 2 heterocycles. The summed E-state index contributed by atoms with van der Waals surface area (Å²) in [5.74, 6) is -0.203. The first-order valence-corrected chi connectivity index (χ1v) is 12.0. The van der Waals surface area contributed by atoms with Crippen LogP contribution >= 0.6 is 34.5 Å². The van der Waals surface area contributed by atoms with Crippen molar-refractivity contribution in [1.29, 1.82) is 0 Å². The summed E-state index contributed by atoms with van der Waals surface area (Å²) in [6, 6.07) is 8.19. The Balaban J connectivity index is 1.57. The first-order chi connectivity index (χ1) is 13.7. The molecule has 6 nitrogen and oxygen atoms in total. The fourth-order valence-electron chi connectivity index (χ4n) is 3.12. The molecular formula is C19H20Cl2N2O4S2. The van der Waals surface area contributed by atoms with Gasteiger partial charge < -0.3 is 4.90 Å². The van der Waals surface area contributed by atoms with Crippen molar-refractivity contribution >= 4 is 56.3 Å². The van der Waals surface area contributed by atoms with Crippen molar-refractivity contribution in [3.8, 4) is 0 Å². The van der Waals surface area contributed by atoms with Gasteiger partial charge in [-0.3, -0.25) is 9.59 Å². The number of sulfonamides is 1. The number of halogens is 2. The molecule has 2 aromatic rings. The van der Waals surface area contributed by atoms with Gasteiger partial charge in [0.1, 0.15) is 4.90 Å². The minimum absolute atomic E-state index is 0.0500. The van der Waals surface area contributed by atoms with E-state index < -0.39 is 10.0 Å². The molecule has 156 valence electrons. The zero-order valence-electron chi connectivity index (χ0n) is 15.7. The fraction of sp³-hybridized carbons (Fsp3) is 0.368. The number of ketones is 1. The van der Waals surface area contributed by atoms with Gasteiger partial charge in [-0.05, 0) is 31.2 Å². The maximum Gasteiger partial charge on any atom is 0.246 e. The van der Waals surface area contributed by atoms with Crippen molar-refractivity contribution in [3.05, 3.63) is 50.1 Å². The minimum atomic E-state index is -3.85. The van der Waals surface area contributed by atoms with E-state index in [9.17, 15) is 18.0 Å². The molecule has 0 radical (unpaired) electrons. The van der Waals surface area contributed by atoms with Crippen LogP contribution in [-0.2, 0) is 14.8 Å². The third-order valence-electron chi connectivity index (χ3n) is 4.69. The van der Waals surface area contributed by atoms with E-state index in [0.29, 0.717) is 4.88 Å². The number of thiophene rings is 1. The van der Waals surface area contributed by atoms with Gasteiger partial charge in [-0.15, -0.1) is 11.3 Å². The van der Waals surface area contributed by atoms with Gasteiger partial charge in [-0.1, -0.05) is 29.3 Å². The van der Waals surface area contributed by atoms with E-state index in [4.69, 9.17) is 23.2 Å². The Morgan fingerprint density at radius 3 is 2.17 bits per heavy atom. The number of amides is 1. The van der Waals surface area contributed by atoms with Gasteiger partial charge in [-0.2, -0.15) is 4.31 Å². The molecule has 1 saturated heterocycles. The number of hydrogen-bond donors (Lipinski definition) is 0. The van der Waals surface area contributed by atoms with E-state index >= 15 is 0 Å². The Bertz CT molecular complexity index is 1010. The molecule has 0 aliphatic carbocycles. The lowest BCUT2D eigenvalue weighted by atomic mass is 10.1. The number of nitrogens with zero attached hydrogens (tertiary/aromatic N) is 2. The van der Waals surface area contributed by atoms with E-state index in [-0.39, 0.29) is 65.7 Å². The average Bonchev–Trinajstić information content (AvgIpc) is 3.12. The van der Waals surface area contributed by atoms with Crippen LogP contribution in [0.25, 0.3) is 0 Å². The Kier molecular flexibility index (Phi) is 7.01. The standard InChI is InChI=1S/C19H20Cl2N2O4S2/c1-13-5-7-17(28-13)16(24)6-8-18(25)22-9-11-23(12-10-22)29(26,27)19-14(20)3-2-4-15(19)21/h2-5,7H,6,8-12H2,1H3. The molecule has 0 atom stereocenters. The minimum Gasteiger partial charge on any atom is -0.340 e. The van der Waals surface area contributed by atoms with E-state index in [0.717, 1.165) is 4.88 Å². The Hall–Kier alpha value is -1.45.